The lowest BCUT2D eigenvalue weighted by atomic mass is 10.1. The normalized spacial score (nSPS) is 20.2. The van der Waals surface area contributed by atoms with Gasteiger partial charge in [0.05, 0.1) is 0 Å². The number of amides is 1. The minimum Gasteiger partial charge on any atom is -0.273 e. The first-order valence-corrected chi connectivity index (χ1v) is 3.61. The first kappa shape index (κ1) is 7.92. The summed E-state index contributed by atoms with van der Waals surface area (Å²) in [7, 11) is 0. The van der Waals surface area contributed by atoms with Crippen molar-refractivity contribution in [3.63, 3.8) is 0 Å². The van der Waals surface area contributed by atoms with Crippen LogP contribution in [-0.2, 0) is 4.79 Å². The van der Waals surface area contributed by atoms with Gasteiger partial charge in [-0.25, -0.2) is 4.99 Å². The topological polar surface area (TPSA) is 29.4 Å². The van der Waals surface area contributed by atoms with Crippen molar-refractivity contribution in [2.75, 3.05) is 0 Å². The number of rotatable bonds is 0. The molecule has 0 atom stereocenters. The fourth-order valence-corrected chi connectivity index (χ4v) is 0.914. The molecule has 0 aromatic heterocycles. The summed E-state index contributed by atoms with van der Waals surface area (Å²) in [6.45, 7) is 3.49. The lowest BCUT2D eigenvalue weighted by molar-refractivity contribution is -0.115. The lowest BCUT2D eigenvalue weighted by Gasteiger charge is -2.02. The smallest absolute Gasteiger partial charge is 0.242 e. The van der Waals surface area contributed by atoms with E-state index < -0.39 is 0 Å². The SMILES string of the molecule is CC(=O)N=C1C=CC(C)=CC1. The standard InChI is InChI=1S/C9H11NO/c1-7-3-5-9(6-4-7)10-8(2)11/h3-5H,6H2,1-2H3. The second-order valence-corrected chi connectivity index (χ2v) is 2.61. The van der Waals surface area contributed by atoms with Crippen LogP contribution in [-0.4, -0.2) is 11.6 Å². The zero-order chi connectivity index (χ0) is 8.27. The predicted molar refractivity (Wildman–Crippen MR) is 45.6 cm³/mol. The highest BCUT2D eigenvalue weighted by Gasteiger charge is 1.99. The van der Waals surface area contributed by atoms with Gasteiger partial charge in [0.2, 0.25) is 5.91 Å². The summed E-state index contributed by atoms with van der Waals surface area (Å²) in [5, 5.41) is 0. The molecular formula is C9H11NO. The van der Waals surface area contributed by atoms with Gasteiger partial charge in [0.15, 0.2) is 0 Å². The molecule has 0 fully saturated rings. The van der Waals surface area contributed by atoms with E-state index in [9.17, 15) is 4.79 Å². The maximum absolute atomic E-state index is 10.6. The summed E-state index contributed by atoms with van der Waals surface area (Å²) in [5.74, 6) is -0.127. The minimum atomic E-state index is -0.127. The Hall–Kier alpha value is -1.18. The minimum absolute atomic E-state index is 0.127. The van der Waals surface area contributed by atoms with E-state index >= 15 is 0 Å². The third kappa shape index (κ3) is 2.50. The van der Waals surface area contributed by atoms with Crippen molar-refractivity contribution in [3.05, 3.63) is 23.8 Å². The van der Waals surface area contributed by atoms with Crippen LogP contribution in [0.2, 0.25) is 0 Å². The van der Waals surface area contributed by atoms with Crippen LogP contribution in [0.15, 0.2) is 28.8 Å². The Morgan fingerprint density at radius 1 is 1.55 bits per heavy atom. The Balaban J connectivity index is 2.70. The van der Waals surface area contributed by atoms with E-state index in [0.717, 1.165) is 12.1 Å². The zero-order valence-corrected chi connectivity index (χ0v) is 6.79. The van der Waals surface area contributed by atoms with Gasteiger partial charge in [-0.2, -0.15) is 0 Å². The van der Waals surface area contributed by atoms with Gasteiger partial charge in [-0.15, -0.1) is 0 Å². The van der Waals surface area contributed by atoms with Gasteiger partial charge in [0, 0.05) is 19.1 Å². The number of hydrogen-bond acceptors (Lipinski definition) is 1. The van der Waals surface area contributed by atoms with Crippen LogP contribution in [0.1, 0.15) is 20.3 Å². The van der Waals surface area contributed by atoms with Gasteiger partial charge in [-0.3, -0.25) is 4.79 Å². The number of carbonyl (C=O) groups is 1. The Labute approximate surface area is 66.3 Å². The predicted octanol–water partition coefficient (Wildman–Crippen LogP) is 1.88. The average Bonchev–Trinajstić information content (AvgIpc) is 1.93. The molecule has 0 bridgehead atoms. The molecule has 1 aliphatic carbocycles. The van der Waals surface area contributed by atoms with Crippen molar-refractivity contribution in [2.45, 2.75) is 20.3 Å². The molecule has 0 unspecified atom stereocenters. The summed E-state index contributed by atoms with van der Waals surface area (Å²) >= 11 is 0. The Morgan fingerprint density at radius 2 is 2.27 bits per heavy atom. The highest BCUT2D eigenvalue weighted by Crippen LogP contribution is 2.06. The fourth-order valence-electron chi connectivity index (χ4n) is 0.914. The van der Waals surface area contributed by atoms with Gasteiger partial charge in [-0.05, 0) is 13.0 Å². The quantitative estimate of drug-likeness (QED) is 0.517. The van der Waals surface area contributed by atoms with Crippen LogP contribution in [0.3, 0.4) is 0 Å². The average molecular weight is 149 g/mol. The van der Waals surface area contributed by atoms with Gasteiger partial charge in [0.1, 0.15) is 0 Å². The van der Waals surface area contributed by atoms with Crippen molar-refractivity contribution < 1.29 is 4.79 Å². The van der Waals surface area contributed by atoms with Crippen LogP contribution in [0.4, 0.5) is 0 Å². The Bertz CT molecular complexity index is 259. The second-order valence-electron chi connectivity index (χ2n) is 2.61. The second kappa shape index (κ2) is 3.28. The summed E-state index contributed by atoms with van der Waals surface area (Å²) in [6.07, 6.45) is 6.69. The number of hydrogen-bond donors (Lipinski definition) is 0. The molecule has 2 nitrogen and oxygen atoms in total. The molecule has 11 heavy (non-hydrogen) atoms. The van der Waals surface area contributed by atoms with Crippen molar-refractivity contribution in [1.29, 1.82) is 0 Å². The molecular weight excluding hydrogens is 138 g/mol. The van der Waals surface area contributed by atoms with E-state index in [4.69, 9.17) is 0 Å². The molecule has 0 heterocycles. The van der Waals surface area contributed by atoms with Gasteiger partial charge < -0.3 is 0 Å². The third-order valence-electron chi connectivity index (χ3n) is 1.47. The van der Waals surface area contributed by atoms with Crippen LogP contribution < -0.4 is 0 Å². The molecule has 1 aliphatic rings. The molecule has 0 radical (unpaired) electrons. The van der Waals surface area contributed by atoms with E-state index in [2.05, 4.69) is 11.1 Å². The maximum Gasteiger partial charge on any atom is 0.242 e. The number of carbonyl (C=O) groups excluding carboxylic acids is 1. The van der Waals surface area contributed by atoms with Crippen LogP contribution >= 0.6 is 0 Å². The molecule has 0 saturated carbocycles. The molecule has 0 N–H and O–H groups in total. The third-order valence-corrected chi connectivity index (χ3v) is 1.47. The Kier molecular flexibility index (Phi) is 2.36. The molecule has 0 aliphatic heterocycles. The summed E-state index contributed by atoms with van der Waals surface area (Å²) < 4.78 is 0. The van der Waals surface area contributed by atoms with Gasteiger partial charge in [-0.1, -0.05) is 17.7 Å². The monoisotopic (exact) mass is 149 g/mol. The molecule has 58 valence electrons. The molecule has 1 amide bonds. The summed E-state index contributed by atoms with van der Waals surface area (Å²) in [4.78, 5) is 14.4. The molecule has 0 saturated heterocycles. The van der Waals surface area contributed by atoms with Crippen LogP contribution in [0, 0.1) is 0 Å². The summed E-state index contributed by atoms with van der Waals surface area (Å²) in [5.41, 5.74) is 2.08. The van der Waals surface area contributed by atoms with E-state index in [1.165, 1.54) is 12.5 Å². The van der Waals surface area contributed by atoms with Crippen molar-refractivity contribution in [2.24, 2.45) is 4.99 Å². The highest BCUT2D eigenvalue weighted by atomic mass is 16.1. The molecule has 2 heteroatoms. The fraction of sp³-hybridized carbons (Fsp3) is 0.333. The lowest BCUT2D eigenvalue weighted by Crippen LogP contribution is -1.99. The first-order valence-electron chi connectivity index (χ1n) is 3.61. The van der Waals surface area contributed by atoms with Gasteiger partial charge in [0.25, 0.3) is 0 Å². The van der Waals surface area contributed by atoms with Crippen LogP contribution in [0.25, 0.3) is 0 Å². The molecule has 0 spiro atoms. The zero-order valence-electron chi connectivity index (χ0n) is 6.79. The number of nitrogens with zero attached hydrogens (tertiary/aromatic N) is 1. The molecule has 0 aromatic rings. The number of allylic oxidation sites excluding steroid dienone is 4. The van der Waals surface area contributed by atoms with E-state index in [0.29, 0.717) is 0 Å². The van der Waals surface area contributed by atoms with Gasteiger partial charge >= 0.3 is 0 Å². The molecule has 0 aromatic carbocycles. The van der Waals surface area contributed by atoms with E-state index in [1.54, 1.807) is 0 Å². The van der Waals surface area contributed by atoms with Crippen molar-refractivity contribution in [3.8, 4) is 0 Å². The summed E-state index contributed by atoms with van der Waals surface area (Å²) in [6, 6.07) is 0. The Morgan fingerprint density at radius 3 is 2.73 bits per heavy atom. The first-order chi connectivity index (χ1) is 5.18. The van der Waals surface area contributed by atoms with Crippen LogP contribution in [0.5, 0.6) is 0 Å². The largest absolute Gasteiger partial charge is 0.273 e. The molecule has 1 rings (SSSR count). The van der Waals surface area contributed by atoms with Crippen molar-refractivity contribution >= 4 is 11.6 Å². The number of aliphatic imine (C=N–C) groups is 1. The maximum atomic E-state index is 10.6. The van der Waals surface area contributed by atoms with E-state index in [1.807, 2.05) is 19.1 Å². The van der Waals surface area contributed by atoms with Crippen molar-refractivity contribution in [1.82, 2.24) is 0 Å². The highest BCUT2D eigenvalue weighted by molar-refractivity contribution is 6.03. The van der Waals surface area contributed by atoms with E-state index in [-0.39, 0.29) is 5.91 Å².